The molecule has 102 valence electrons. The minimum atomic E-state index is 0.334. The van der Waals surface area contributed by atoms with Gasteiger partial charge in [-0.1, -0.05) is 12.1 Å². The van der Waals surface area contributed by atoms with E-state index in [0.717, 1.165) is 17.2 Å². The molecule has 0 bridgehead atoms. The predicted octanol–water partition coefficient (Wildman–Crippen LogP) is 3.37. The second-order valence-corrected chi connectivity index (χ2v) is 5.91. The molecule has 0 spiro atoms. The molecule has 1 N–H and O–H groups in total. The lowest BCUT2D eigenvalue weighted by Crippen LogP contribution is -2.18. The molecule has 0 saturated heterocycles. The van der Waals surface area contributed by atoms with Crippen LogP contribution in [0.15, 0.2) is 29.6 Å². The normalized spacial score (nSPS) is 12.4. The van der Waals surface area contributed by atoms with Crippen LogP contribution in [0.4, 0.5) is 5.69 Å². The number of aromatic nitrogens is 1. The molecule has 2 rings (SSSR count). The SMILES string of the molecule is Cc1csc(CNC(C)c2ccc(N(C)C)cc2)n1. The molecule has 0 aliphatic rings. The van der Waals surface area contributed by atoms with Gasteiger partial charge in [0.2, 0.25) is 0 Å². The summed E-state index contributed by atoms with van der Waals surface area (Å²) in [6.45, 7) is 5.05. The molecule has 0 fully saturated rings. The number of hydrogen-bond acceptors (Lipinski definition) is 4. The largest absolute Gasteiger partial charge is 0.378 e. The van der Waals surface area contributed by atoms with Crippen molar-refractivity contribution in [2.24, 2.45) is 0 Å². The number of rotatable bonds is 5. The number of anilines is 1. The van der Waals surface area contributed by atoms with E-state index in [2.05, 4.69) is 65.9 Å². The van der Waals surface area contributed by atoms with Crippen molar-refractivity contribution >= 4 is 17.0 Å². The number of thiazole rings is 1. The molecule has 0 aliphatic heterocycles. The van der Waals surface area contributed by atoms with E-state index in [-0.39, 0.29) is 0 Å². The van der Waals surface area contributed by atoms with Gasteiger partial charge in [-0.15, -0.1) is 11.3 Å². The average Bonchev–Trinajstić information content (AvgIpc) is 2.82. The smallest absolute Gasteiger partial charge is 0.107 e. The van der Waals surface area contributed by atoms with E-state index in [9.17, 15) is 0 Å². The first kappa shape index (κ1) is 14.0. The standard InChI is InChI=1S/C15H21N3S/c1-11-10-19-15(17-11)9-16-12(2)13-5-7-14(8-6-13)18(3)4/h5-8,10,12,16H,9H2,1-4H3. The maximum absolute atomic E-state index is 4.46. The van der Waals surface area contributed by atoms with Crippen molar-refractivity contribution in [3.63, 3.8) is 0 Å². The van der Waals surface area contributed by atoms with Crippen molar-refractivity contribution in [2.75, 3.05) is 19.0 Å². The van der Waals surface area contributed by atoms with E-state index >= 15 is 0 Å². The Balaban J connectivity index is 1.94. The summed E-state index contributed by atoms with van der Waals surface area (Å²) in [7, 11) is 4.11. The topological polar surface area (TPSA) is 28.2 Å². The summed E-state index contributed by atoms with van der Waals surface area (Å²) < 4.78 is 0. The third kappa shape index (κ3) is 3.78. The fraction of sp³-hybridized carbons (Fsp3) is 0.400. The third-order valence-electron chi connectivity index (χ3n) is 3.14. The monoisotopic (exact) mass is 275 g/mol. The summed E-state index contributed by atoms with van der Waals surface area (Å²) in [6, 6.07) is 9.00. The van der Waals surface area contributed by atoms with E-state index in [1.165, 1.54) is 11.3 Å². The van der Waals surface area contributed by atoms with Gasteiger partial charge >= 0.3 is 0 Å². The first-order chi connectivity index (χ1) is 9.06. The number of nitrogens with one attached hydrogen (secondary N) is 1. The van der Waals surface area contributed by atoms with Gasteiger partial charge in [0, 0.05) is 43.4 Å². The summed E-state index contributed by atoms with van der Waals surface area (Å²) in [5.41, 5.74) is 3.63. The molecule has 0 saturated carbocycles. The van der Waals surface area contributed by atoms with Crippen LogP contribution in [0, 0.1) is 6.92 Å². The lowest BCUT2D eigenvalue weighted by molar-refractivity contribution is 0.573. The molecule has 0 aliphatic carbocycles. The zero-order valence-electron chi connectivity index (χ0n) is 12.0. The molecule has 3 nitrogen and oxygen atoms in total. The van der Waals surface area contributed by atoms with Gasteiger partial charge in [-0.05, 0) is 31.5 Å². The van der Waals surface area contributed by atoms with Crippen LogP contribution in [0.3, 0.4) is 0 Å². The highest BCUT2D eigenvalue weighted by atomic mass is 32.1. The van der Waals surface area contributed by atoms with E-state index in [1.54, 1.807) is 11.3 Å². The van der Waals surface area contributed by atoms with Crippen LogP contribution in [-0.2, 0) is 6.54 Å². The van der Waals surface area contributed by atoms with Crippen LogP contribution in [-0.4, -0.2) is 19.1 Å². The summed E-state index contributed by atoms with van der Waals surface area (Å²) in [5, 5.41) is 6.75. The van der Waals surface area contributed by atoms with Gasteiger partial charge in [0.05, 0.1) is 0 Å². The van der Waals surface area contributed by atoms with Gasteiger partial charge in [0.25, 0.3) is 0 Å². The highest BCUT2D eigenvalue weighted by Crippen LogP contribution is 2.18. The Hall–Kier alpha value is -1.39. The number of nitrogens with zero attached hydrogens (tertiary/aromatic N) is 2. The lowest BCUT2D eigenvalue weighted by atomic mass is 10.1. The van der Waals surface area contributed by atoms with Crippen molar-refractivity contribution in [1.82, 2.24) is 10.3 Å². The van der Waals surface area contributed by atoms with E-state index in [4.69, 9.17) is 0 Å². The molecule has 2 aromatic rings. The Bertz CT molecular complexity index is 516. The van der Waals surface area contributed by atoms with Crippen molar-refractivity contribution in [1.29, 1.82) is 0 Å². The molecule has 19 heavy (non-hydrogen) atoms. The highest BCUT2D eigenvalue weighted by Gasteiger charge is 2.06. The van der Waals surface area contributed by atoms with Crippen LogP contribution >= 0.6 is 11.3 Å². The Morgan fingerprint density at radius 3 is 2.47 bits per heavy atom. The zero-order chi connectivity index (χ0) is 13.8. The Morgan fingerprint density at radius 2 is 1.95 bits per heavy atom. The summed E-state index contributed by atoms with van der Waals surface area (Å²) in [4.78, 5) is 6.57. The van der Waals surface area contributed by atoms with Gasteiger partial charge in [-0.25, -0.2) is 4.98 Å². The van der Waals surface area contributed by atoms with Crippen molar-refractivity contribution in [3.05, 3.63) is 45.9 Å². The number of benzene rings is 1. The maximum Gasteiger partial charge on any atom is 0.107 e. The van der Waals surface area contributed by atoms with Crippen molar-refractivity contribution in [2.45, 2.75) is 26.4 Å². The second-order valence-electron chi connectivity index (χ2n) is 4.97. The Morgan fingerprint density at radius 1 is 1.26 bits per heavy atom. The van der Waals surface area contributed by atoms with Gasteiger partial charge in [0.1, 0.15) is 5.01 Å². The lowest BCUT2D eigenvalue weighted by Gasteiger charge is -2.16. The predicted molar refractivity (Wildman–Crippen MR) is 82.9 cm³/mol. The van der Waals surface area contributed by atoms with Gasteiger partial charge in [-0.2, -0.15) is 0 Å². The minimum absolute atomic E-state index is 0.334. The van der Waals surface area contributed by atoms with Crippen molar-refractivity contribution < 1.29 is 0 Å². The summed E-state index contributed by atoms with van der Waals surface area (Å²) in [6.07, 6.45) is 0. The Labute approximate surface area is 119 Å². The molecule has 0 radical (unpaired) electrons. The van der Waals surface area contributed by atoms with Gasteiger partial charge < -0.3 is 10.2 Å². The van der Waals surface area contributed by atoms with E-state index in [0.29, 0.717) is 6.04 Å². The third-order valence-corrected chi connectivity index (χ3v) is 4.10. The van der Waals surface area contributed by atoms with Crippen LogP contribution in [0.25, 0.3) is 0 Å². The average molecular weight is 275 g/mol. The molecule has 4 heteroatoms. The molecule has 1 atom stereocenters. The van der Waals surface area contributed by atoms with Crippen molar-refractivity contribution in [3.8, 4) is 0 Å². The van der Waals surface area contributed by atoms with E-state index < -0.39 is 0 Å². The fourth-order valence-electron chi connectivity index (χ4n) is 1.90. The molecule has 1 heterocycles. The van der Waals surface area contributed by atoms with E-state index in [1.807, 2.05) is 6.92 Å². The fourth-order valence-corrected chi connectivity index (χ4v) is 2.63. The van der Waals surface area contributed by atoms with Gasteiger partial charge in [-0.3, -0.25) is 0 Å². The Kier molecular flexibility index (Phi) is 4.56. The molecule has 1 aromatic heterocycles. The number of aryl methyl sites for hydroxylation is 1. The van der Waals surface area contributed by atoms with Crippen LogP contribution < -0.4 is 10.2 Å². The second kappa shape index (κ2) is 6.17. The molecule has 0 amide bonds. The molecule has 1 unspecified atom stereocenters. The van der Waals surface area contributed by atoms with Gasteiger partial charge in [0.15, 0.2) is 0 Å². The minimum Gasteiger partial charge on any atom is -0.378 e. The molecular weight excluding hydrogens is 254 g/mol. The molecule has 1 aromatic carbocycles. The summed E-state index contributed by atoms with van der Waals surface area (Å²) in [5.74, 6) is 0. The molecular formula is C15H21N3S. The first-order valence-corrected chi connectivity index (χ1v) is 7.36. The zero-order valence-corrected chi connectivity index (χ0v) is 12.8. The summed E-state index contributed by atoms with van der Waals surface area (Å²) >= 11 is 1.71. The number of hydrogen-bond donors (Lipinski definition) is 1. The van der Waals surface area contributed by atoms with Crippen LogP contribution in [0.1, 0.15) is 29.2 Å². The maximum atomic E-state index is 4.46. The van der Waals surface area contributed by atoms with Crippen LogP contribution in [0.5, 0.6) is 0 Å². The quantitative estimate of drug-likeness (QED) is 0.907. The van der Waals surface area contributed by atoms with Crippen LogP contribution in [0.2, 0.25) is 0 Å². The highest BCUT2D eigenvalue weighted by molar-refractivity contribution is 7.09. The first-order valence-electron chi connectivity index (χ1n) is 6.48.